The van der Waals surface area contributed by atoms with E-state index < -0.39 is 0 Å². The zero-order valence-corrected chi connectivity index (χ0v) is 6.22. The van der Waals surface area contributed by atoms with Crippen LogP contribution in [0.1, 0.15) is 26.2 Å². The minimum atomic E-state index is 0.282. The second-order valence-corrected chi connectivity index (χ2v) is 1.92. The smallest absolute Gasteiger partial charge is 0.180 e. The van der Waals surface area contributed by atoms with Crippen molar-refractivity contribution >= 4 is 12.2 Å². The summed E-state index contributed by atoms with van der Waals surface area (Å²) in [4.78, 5) is 9.83. The molecule has 0 unspecified atom stereocenters. The Morgan fingerprint density at radius 3 is 2.90 bits per heavy atom. The molecule has 0 bridgehead atoms. The van der Waals surface area contributed by atoms with Crippen molar-refractivity contribution in [3.05, 3.63) is 0 Å². The van der Waals surface area contributed by atoms with Gasteiger partial charge in [0.2, 0.25) is 0 Å². The molecule has 0 saturated heterocycles. The van der Waals surface area contributed by atoms with Gasteiger partial charge >= 0.3 is 0 Å². The van der Waals surface area contributed by atoms with Gasteiger partial charge in [-0.05, 0) is 13.3 Å². The molecule has 0 atom stereocenters. The Bertz CT molecular complexity index is 112. The molecule has 1 N–H and O–H groups in total. The highest BCUT2D eigenvalue weighted by Gasteiger charge is 1.94. The summed E-state index contributed by atoms with van der Waals surface area (Å²) in [5, 5.41) is 7.13. The standard InChI is InChI=1S/C7H13NO2/c1-2-10-7(8)5-3-4-6-9/h6,8H,2-5H2,1H3. The van der Waals surface area contributed by atoms with Crippen LogP contribution in [0.25, 0.3) is 0 Å². The van der Waals surface area contributed by atoms with Gasteiger partial charge < -0.3 is 9.53 Å². The van der Waals surface area contributed by atoms with E-state index in [1.54, 1.807) is 0 Å². The van der Waals surface area contributed by atoms with E-state index in [2.05, 4.69) is 0 Å². The minimum absolute atomic E-state index is 0.282. The molecule has 0 radical (unpaired) electrons. The van der Waals surface area contributed by atoms with Crippen LogP contribution < -0.4 is 0 Å². The van der Waals surface area contributed by atoms with Crippen molar-refractivity contribution in [2.24, 2.45) is 0 Å². The third kappa shape index (κ3) is 5.28. The summed E-state index contributed by atoms with van der Waals surface area (Å²) in [5.41, 5.74) is 0. The minimum Gasteiger partial charge on any atom is -0.481 e. The number of hydrogen-bond acceptors (Lipinski definition) is 3. The molecular weight excluding hydrogens is 130 g/mol. The van der Waals surface area contributed by atoms with Crippen molar-refractivity contribution in [2.75, 3.05) is 6.61 Å². The van der Waals surface area contributed by atoms with E-state index >= 15 is 0 Å². The predicted octanol–water partition coefficient (Wildman–Crippen LogP) is 1.37. The maximum Gasteiger partial charge on any atom is 0.180 e. The summed E-state index contributed by atoms with van der Waals surface area (Å²) in [6.07, 6.45) is 2.68. The molecule has 10 heavy (non-hydrogen) atoms. The van der Waals surface area contributed by atoms with E-state index in [-0.39, 0.29) is 5.90 Å². The van der Waals surface area contributed by atoms with Crippen molar-refractivity contribution < 1.29 is 9.53 Å². The number of nitrogens with one attached hydrogen (secondary N) is 1. The summed E-state index contributed by atoms with van der Waals surface area (Å²) < 4.78 is 4.86. The van der Waals surface area contributed by atoms with Crippen molar-refractivity contribution in [3.8, 4) is 0 Å². The maximum absolute atomic E-state index is 9.83. The third-order valence-corrected chi connectivity index (χ3v) is 1.04. The Labute approximate surface area is 60.9 Å². The molecule has 58 valence electrons. The number of ether oxygens (including phenoxy) is 1. The first-order valence-electron chi connectivity index (χ1n) is 3.45. The lowest BCUT2D eigenvalue weighted by Gasteiger charge is -2.01. The van der Waals surface area contributed by atoms with Crippen LogP contribution >= 0.6 is 0 Å². The SMILES string of the molecule is CCOC(=N)CCCC=O. The van der Waals surface area contributed by atoms with Crippen LogP contribution in [0, 0.1) is 5.41 Å². The number of rotatable bonds is 5. The van der Waals surface area contributed by atoms with Crippen LogP contribution in [0.15, 0.2) is 0 Å². The molecule has 0 saturated carbocycles. The Hall–Kier alpha value is -0.860. The van der Waals surface area contributed by atoms with Crippen LogP contribution in [0.4, 0.5) is 0 Å². The van der Waals surface area contributed by atoms with Gasteiger partial charge in [-0.1, -0.05) is 0 Å². The van der Waals surface area contributed by atoms with E-state index in [1.165, 1.54) is 0 Å². The highest BCUT2D eigenvalue weighted by atomic mass is 16.5. The van der Waals surface area contributed by atoms with Gasteiger partial charge in [-0.15, -0.1) is 0 Å². The fraction of sp³-hybridized carbons (Fsp3) is 0.714. The quantitative estimate of drug-likeness (QED) is 0.273. The average molecular weight is 143 g/mol. The van der Waals surface area contributed by atoms with Gasteiger partial charge in [0.25, 0.3) is 0 Å². The average Bonchev–Trinajstić information content (AvgIpc) is 1.89. The first-order chi connectivity index (χ1) is 4.81. The number of aldehydes is 1. The normalized spacial score (nSPS) is 8.90. The molecule has 0 fully saturated rings. The van der Waals surface area contributed by atoms with E-state index in [9.17, 15) is 4.79 Å². The lowest BCUT2D eigenvalue weighted by atomic mass is 10.2. The fourth-order valence-corrected chi connectivity index (χ4v) is 0.592. The molecule has 0 aliphatic heterocycles. The van der Waals surface area contributed by atoms with Gasteiger partial charge in [-0.25, -0.2) is 0 Å². The van der Waals surface area contributed by atoms with Crippen LogP contribution in [0.3, 0.4) is 0 Å². The number of carbonyl (C=O) groups excluding carboxylic acids is 1. The summed E-state index contributed by atoms with van der Waals surface area (Å²) >= 11 is 0. The molecule has 0 aliphatic carbocycles. The second kappa shape index (κ2) is 6.26. The van der Waals surface area contributed by atoms with Crippen LogP contribution in [-0.4, -0.2) is 18.8 Å². The van der Waals surface area contributed by atoms with Gasteiger partial charge in [-0.2, -0.15) is 0 Å². The zero-order chi connectivity index (χ0) is 7.82. The maximum atomic E-state index is 9.83. The van der Waals surface area contributed by atoms with E-state index in [4.69, 9.17) is 10.1 Å². The molecular formula is C7H13NO2. The number of hydrogen-bond donors (Lipinski definition) is 1. The van der Waals surface area contributed by atoms with Gasteiger partial charge in [0, 0.05) is 12.8 Å². The first kappa shape index (κ1) is 9.14. The highest BCUT2D eigenvalue weighted by Crippen LogP contribution is 1.94. The van der Waals surface area contributed by atoms with Crippen molar-refractivity contribution in [1.29, 1.82) is 5.41 Å². The van der Waals surface area contributed by atoms with E-state index in [0.29, 0.717) is 19.4 Å². The highest BCUT2D eigenvalue weighted by molar-refractivity contribution is 5.72. The van der Waals surface area contributed by atoms with Crippen LogP contribution in [-0.2, 0) is 9.53 Å². The molecule has 3 heteroatoms. The molecule has 0 aromatic rings. The second-order valence-electron chi connectivity index (χ2n) is 1.92. The fourth-order valence-electron chi connectivity index (χ4n) is 0.592. The van der Waals surface area contributed by atoms with Gasteiger partial charge in [0.15, 0.2) is 5.90 Å². The Balaban J connectivity index is 3.13. The lowest BCUT2D eigenvalue weighted by Crippen LogP contribution is -2.02. The molecule has 0 spiro atoms. The Morgan fingerprint density at radius 1 is 1.70 bits per heavy atom. The van der Waals surface area contributed by atoms with Crippen molar-refractivity contribution in [2.45, 2.75) is 26.2 Å². The predicted molar refractivity (Wildman–Crippen MR) is 39.3 cm³/mol. The monoisotopic (exact) mass is 143 g/mol. The summed E-state index contributed by atoms with van der Waals surface area (Å²) in [6.45, 7) is 2.38. The summed E-state index contributed by atoms with van der Waals surface area (Å²) in [5.74, 6) is 0.282. The summed E-state index contributed by atoms with van der Waals surface area (Å²) in [7, 11) is 0. The Kier molecular flexibility index (Phi) is 5.72. The Morgan fingerprint density at radius 2 is 2.40 bits per heavy atom. The molecule has 0 aliphatic rings. The van der Waals surface area contributed by atoms with Crippen molar-refractivity contribution in [1.82, 2.24) is 0 Å². The lowest BCUT2D eigenvalue weighted by molar-refractivity contribution is -0.107. The van der Waals surface area contributed by atoms with Crippen molar-refractivity contribution in [3.63, 3.8) is 0 Å². The number of carbonyl (C=O) groups is 1. The van der Waals surface area contributed by atoms with Gasteiger partial charge in [-0.3, -0.25) is 5.41 Å². The van der Waals surface area contributed by atoms with Gasteiger partial charge in [0.1, 0.15) is 6.29 Å². The van der Waals surface area contributed by atoms with Gasteiger partial charge in [0.05, 0.1) is 6.61 Å². The summed E-state index contributed by atoms with van der Waals surface area (Å²) in [6, 6.07) is 0. The molecule has 0 rings (SSSR count). The topological polar surface area (TPSA) is 50.1 Å². The number of unbranched alkanes of at least 4 members (excludes halogenated alkanes) is 1. The molecule has 0 aromatic carbocycles. The molecule has 0 aromatic heterocycles. The zero-order valence-electron chi connectivity index (χ0n) is 6.22. The molecule has 0 amide bonds. The first-order valence-corrected chi connectivity index (χ1v) is 3.45. The molecule has 3 nitrogen and oxygen atoms in total. The molecule has 0 heterocycles. The van der Waals surface area contributed by atoms with E-state index in [1.807, 2.05) is 6.92 Å². The largest absolute Gasteiger partial charge is 0.481 e. The van der Waals surface area contributed by atoms with Crippen LogP contribution in [0.2, 0.25) is 0 Å². The third-order valence-electron chi connectivity index (χ3n) is 1.04. The van der Waals surface area contributed by atoms with Crippen LogP contribution in [0.5, 0.6) is 0 Å². The van der Waals surface area contributed by atoms with E-state index in [0.717, 1.165) is 12.7 Å².